The molecule has 9 nitrogen and oxygen atoms in total. The molecule has 0 aliphatic heterocycles. The maximum absolute atomic E-state index is 9.29. The summed E-state index contributed by atoms with van der Waals surface area (Å²) in [6.07, 6.45) is 21.3. The van der Waals surface area contributed by atoms with Crippen LogP contribution in [-0.4, -0.2) is 49.4 Å². The van der Waals surface area contributed by atoms with E-state index in [0.29, 0.717) is 5.92 Å². The van der Waals surface area contributed by atoms with Gasteiger partial charge in [0.15, 0.2) is 0 Å². The fourth-order valence-corrected chi connectivity index (χ4v) is 4.06. The predicted molar refractivity (Wildman–Crippen MR) is 118 cm³/mol. The monoisotopic (exact) mass is 536 g/mol. The van der Waals surface area contributed by atoms with Crippen molar-refractivity contribution >= 4 is 20.8 Å². The first-order valence-corrected chi connectivity index (χ1v) is 14.1. The van der Waals surface area contributed by atoms with Crippen molar-refractivity contribution in [1.82, 2.24) is 0 Å². The Bertz CT molecular complexity index is 558. The van der Waals surface area contributed by atoms with E-state index < -0.39 is 20.8 Å². The molecule has 0 spiro atoms. The minimum Gasteiger partial charge on any atom is -0.725 e. The molecule has 0 aromatic rings. The summed E-state index contributed by atoms with van der Waals surface area (Å²) in [5.74, 6) is 0.322. The molecule has 0 saturated carbocycles. The van der Waals surface area contributed by atoms with Crippen molar-refractivity contribution in [3.63, 3.8) is 0 Å². The van der Waals surface area contributed by atoms with Gasteiger partial charge < -0.3 is 19.3 Å². The molecule has 1 unspecified atom stereocenters. The molecule has 0 rings (SSSR count). The van der Waals surface area contributed by atoms with Crippen LogP contribution in [0.4, 0.5) is 0 Å². The maximum atomic E-state index is 9.29. The van der Waals surface area contributed by atoms with Gasteiger partial charge in [-0.25, -0.2) is 16.8 Å². The van der Waals surface area contributed by atoms with Gasteiger partial charge in [0, 0.05) is 13.2 Å². The second kappa shape index (κ2) is 28.3. The Balaban J connectivity index is -0.000000325. The standard InChI is InChI=1S/C20H42O2.2Na.H2O7S2/c1-2-3-4-5-6-7-8-9-10-11-12-13-14-15-16-20(19-22)17-18-21;;;1-8(2,3)7-9(4,5)6/h20-22H,2-19H2,1H3;;;(H,1,2,3)(H,4,5,6)/q;2*+1;/p-2. The fraction of sp³-hybridized carbons (Fsp3) is 1.00. The summed E-state index contributed by atoms with van der Waals surface area (Å²) in [7, 11) is -10.9. The van der Waals surface area contributed by atoms with Gasteiger partial charge in [0.1, 0.15) is 0 Å². The van der Waals surface area contributed by atoms with Crippen LogP contribution in [0.3, 0.4) is 0 Å². The van der Waals surface area contributed by atoms with Gasteiger partial charge in [-0.1, -0.05) is 96.8 Å². The van der Waals surface area contributed by atoms with Crippen molar-refractivity contribution in [1.29, 1.82) is 0 Å². The summed E-state index contributed by atoms with van der Waals surface area (Å²) >= 11 is 0. The van der Waals surface area contributed by atoms with Crippen molar-refractivity contribution in [2.45, 2.75) is 110 Å². The zero-order chi connectivity index (χ0) is 24.0. The Hall–Kier alpha value is 1.70. The maximum Gasteiger partial charge on any atom is 1.00 e. The number of aliphatic hydroxyl groups is 2. The van der Waals surface area contributed by atoms with Crippen LogP contribution in [-0.2, 0) is 24.4 Å². The van der Waals surface area contributed by atoms with Crippen molar-refractivity contribution in [2.75, 3.05) is 13.2 Å². The van der Waals surface area contributed by atoms with Gasteiger partial charge in [0.2, 0.25) is 20.8 Å². The van der Waals surface area contributed by atoms with Gasteiger partial charge in [-0.05, 0) is 18.8 Å². The molecule has 33 heavy (non-hydrogen) atoms. The summed E-state index contributed by atoms with van der Waals surface area (Å²) < 4.78 is 58.2. The topological polar surface area (TPSA) is 164 Å². The van der Waals surface area contributed by atoms with Crippen molar-refractivity contribution in [3.05, 3.63) is 0 Å². The molecule has 0 aromatic heterocycles. The summed E-state index contributed by atoms with van der Waals surface area (Å²) in [5.41, 5.74) is 0. The molecule has 0 aliphatic carbocycles. The predicted octanol–water partition coefficient (Wildman–Crippen LogP) is -2.22. The molecule has 0 amide bonds. The smallest absolute Gasteiger partial charge is 0.725 e. The third-order valence-corrected chi connectivity index (χ3v) is 6.26. The second-order valence-electron chi connectivity index (χ2n) is 7.83. The Kier molecular flexibility index (Phi) is 35.8. The summed E-state index contributed by atoms with van der Waals surface area (Å²) in [6, 6.07) is 0. The molecule has 0 aliphatic rings. The first kappa shape index (κ1) is 41.8. The summed E-state index contributed by atoms with van der Waals surface area (Å²) in [5, 5.41) is 18.0. The van der Waals surface area contributed by atoms with Crippen LogP contribution in [0, 0.1) is 5.92 Å². The van der Waals surface area contributed by atoms with Gasteiger partial charge in [0.05, 0.1) is 0 Å². The van der Waals surface area contributed by atoms with Crippen LogP contribution in [0.25, 0.3) is 0 Å². The van der Waals surface area contributed by atoms with E-state index >= 15 is 0 Å². The zero-order valence-corrected chi connectivity index (χ0v) is 26.5. The molecule has 190 valence electrons. The quantitative estimate of drug-likeness (QED) is 0.0759. The molecule has 0 heterocycles. The number of hydrogen-bond acceptors (Lipinski definition) is 9. The van der Waals surface area contributed by atoms with E-state index in [2.05, 4.69) is 10.6 Å². The molecule has 0 bridgehead atoms. The number of aliphatic hydroxyl groups excluding tert-OH is 2. The average Bonchev–Trinajstić information content (AvgIpc) is 2.65. The molecule has 0 saturated heterocycles. The third kappa shape index (κ3) is 41.1. The summed E-state index contributed by atoms with van der Waals surface area (Å²) in [4.78, 5) is 0. The first-order valence-electron chi connectivity index (χ1n) is 11.4. The molecule has 13 heteroatoms. The molecule has 0 radical (unpaired) electrons. The van der Waals surface area contributed by atoms with Crippen molar-refractivity contribution in [2.24, 2.45) is 5.92 Å². The van der Waals surface area contributed by atoms with E-state index in [9.17, 15) is 25.9 Å². The van der Waals surface area contributed by atoms with Crippen LogP contribution in [0.5, 0.6) is 0 Å². The number of rotatable bonds is 20. The van der Waals surface area contributed by atoms with E-state index in [1.54, 1.807) is 0 Å². The minimum absolute atomic E-state index is 0. The molecule has 2 N–H and O–H groups in total. The van der Waals surface area contributed by atoms with E-state index in [-0.39, 0.29) is 72.3 Å². The van der Waals surface area contributed by atoms with Crippen molar-refractivity contribution in [3.8, 4) is 0 Å². The number of unbranched alkanes of at least 4 members (excludes halogenated alkanes) is 13. The minimum atomic E-state index is -5.43. The number of hydrogen-bond donors (Lipinski definition) is 2. The SMILES string of the molecule is CCCCCCCCCCCCCCCCC(CO)CCO.O=S(=O)([O-])OS(=O)(=O)[O-].[Na+].[Na+]. The Morgan fingerprint density at radius 2 is 0.970 bits per heavy atom. The largest absolute Gasteiger partial charge is 1.00 e. The van der Waals surface area contributed by atoms with Gasteiger partial charge in [0.25, 0.3) is 0 Å². The molecular formula is C20H42Na2O9S2. The summed E-state index contributed by atoms with van der Waals surface area (Å²) in [6.45, 7) is 2.73. The van der Waals surface area contributed by atoms with Crippen LogP contribution in [0.2, 0.25) is 0 Å². The zero-order valence-electron chi connectivity index (χ0n) is 20.9. The van der Waals surface area contributed by atoms with Crippen LogP contribution >= 0.6 is 0 Å². The fourth-order valence-electron chi connectivity index (χ4n) is 3.24. The Morgan fingerprint density at radius 3 is 1.21 bits per heavy atom. The molecule has 0 fully saturated rings. The van der Waals surface area contributed by atoms with Gasteiger partial charge in [-0.2, -0.15) is 3.63 Å². The third-order valence-electron chi connectivity index (χ3n) is 4.93. The van der Waals surface area contributed by atoms with Crippen LogP contribution < -0.4 is 59.1 Å². The van der Waals surface area contributed by atoms with Gasteiger partial charge in [-0.15, -0.1) is 0 Å². The van der Waals surface area contributed by atoms with Crippen LogP contribution in [0.1, 0.15) is 110 Å². The van der Waals surface area contributed by atoms with Crippen LogP contribution in [0.15, 0.2) is 0 Å². The average molecular weight is 537 g/mol. The normalized spacial score (nSPS) is 12.2. The Morgan fingerprint density at radius 1 is 0.636 bits per heavy atom. The van der Waals surface area contributed by atoms with Crippen molar-refractivity contribution < 1.29 is 98.9 Å². The molecular weight excluding hydrogens is 494 g/mol. The Labute approximate surface area is 246 Å². The van der Waals surface area contributed by atoms with E-state index in [0.717, 1.165) is 12.8 Å². The first-order chi connectivity index (χ1) is 14.6. The van der Waals surface area contributed by atoms with E-state index in [1.165, 1.54) is 89.9 Å². The van der Waals surface area contributed by atoms with Gasteiger partial charge in [-0.3, -0.25) is 0 Å². The van der Waals surface area contributed by atoms with Gasteiger partial charge >= 0.3 is 59.1 Å². The van der Waals surface area contributed by atoms with E-state index in [4.69, 9.17) is 10.2 Å². The van der Waals surface area contributed by atoms with E-state index in [1.807, 2.05) is 0 Å². The second-order valence-corrected chi connectivity index (χ2v) is 10.0. The molecule has 1 atom stereocenters. The molecule has 0 aromatic carbocycles.